The molecule has 0 fully saturated rings. The first-order chi connectivity index (χ1) is 11.9. The van der Waals surface area contributed by atoms with Gasteiger partial charge in [-0.15, -0.1) is 22.7 Å². The second-order valence-corrected chi connectivity index (χ2v) is 8.66. The normalized spacial score (nSPS) is 10.8. The lowest BCUT2D eigenvalue weighted by Crippen LogP contribution is -1.87. The Kier molecular flexibility index (Phi) is 4.78. The van der Waals surface area contributed by atoms with E-state index in [2.05, 4.69) is 72.1 Å². The smallest absolute Gasteiger partial charge is 0.124 e. The molecule has 118 valence electrons. The summed E-state index contributed by atoms with van der Waals surface area (Å²) in [6.07, 6.45) is 0.899. The highest BCUT2D eigenvalue weighted by Crippen LogP contribution is 2.39. The van der Waals surface area contributed by atoms with E-state index >= 15 is 0 Å². The predicted molar refractivity (Wildman–Crippen MR) is 105 cm³/mol. The quantitative estimate of drug-likeness (QED) is 0.394. The zero-order valence-corrected chi connectivity index (χ0v) is 15.3. The van der Waals surface area contributed by atoms with Crippen LogP contribution in [0.3, 0.4) is 0 Å². The minimum Gasteiger partial charge on any atom is -0.239 e. The number of hydrogen-bond acceptors (Lipinski definition) is 4. The van der Waals surface area contributed by atoms with Crippen molar-refractivity contribution in [1.29, 1.82) is 0 Å². The zero-order chi connectivity index (χ0) is 16.2. The molecule has 0 atom stereocenters. The molecule has 2 aromatic heterocycles. The summed E-state index contributed by atoms with van der Waals surface area (Å²) in [4.78, 5) is 7.57. The summed E-state index contributed by atoms with van der Waals surface area (Å²) in [6, 6.07) is 25.3. The van der Waals surface area contributed by atoms with Gasteiger partial charge in [-0.3, -0.25) is 0 Å². The van der Waals surface area contributed by atoms with Gasteiger partial charge >= 0.3 is 0 Å². The Morgan fingerprint density at radius 2 is 1.58 bits per heavy atom. The van der Waals surface area contributed by atoms with Crippen LogP contribution in [0, 0.1) is 0 Å². The standard InChI is InChI=1S/C20H15NS3/c1-3-8-15(9-4-1)19-21-18(14-17-12-7-13-22-17)20(24-19)23-16-10-5-2-6-11-16/h1-13H,14H2. The number of rotatable bonds is 5. The summed E-state index contributed by atoms with van der Waals surface area (Å²) in [6.45, 7) is 0. The van der Waals surface area contributed by atoms with Crippen LogP contribution in [0.5, 0.6) is 0 Å². The first-order valence-corrected chi connectivity index (χ1v) is 10.2. The van der Waals surface area contributed by atoms with Gasteiger partial charge in [-0.2, -0.15) is 0 Å². The Bertz CT molecular complexity index is 897. The monoisotopic (exact) mass is 365 g/mol. The van der Waals surface area contributed by atoms with E-state index in [1.165, 1.54) is 25.2 Å². The Morgan fingerprint density at radius 1 is 0.833 bits per heavy atom. The van der Waals surface area contributed by atoms with Crippen LogP contribution in [0.2, 0.25) is 0 Å². The van der Waals surface area contributed by atoms with Crippen molar-refractivity contribution in [2.45, 2.75) is 15.5 Å². The van der Waals surface area contributed by atoms with E-state index in [-0.39, 0.29) is 0 Å². The molecule has 0 saturated heterocycles. The van der Waals surface area contributed by atoms with E-state index in [9.17, 15) is 0 Å². The number of aromatic nitrogens is 1. The second-order valence-electron chi connectivity index (χ2n) is 5.29. The van der Waals surface area contributed by atoms with Crippen LogP contribution in [0.1, 0.15) is 10.6 Å². The molecular weight excluding hydrogens is 350 g/mol. The van der Waals surface area contributed by atoms with Gasteiger partial charge < -0.3 is 0 Å². The van der Waals surface area contributed by atoms with Crippen molar-refractivity contribution in [2.24, 2.45) is 0 Å². The first-order valence-electron chi connectivity index (χ1n) is 7.69. The van der Waals surface area contributed by atoms with Crippen molar-refractivity contribution in [3.8, 4) is 10.6 Å². The summed E-state index contributed by atoms with van der Waals surface area (Å²) in [7, 11) is 0. The van der Waals surface area contributed by atoms with E-state index in [0.29, 0.717) is 0 Å². The van der Waals surface area contributed by atoms with Gasteiger partial charge in [-0.25, -0.2) is 4.98 Å². The van der Waals surface area contributed by atoms with E-state index in [4.69, 9.17) is 4.98 Å². The van der Waals surface area contributed by atoms with Crippen LogP contribution in [0.15, 0.2) is 87.3 Å². The maximum Gasteiger partial charge on any atom is 0.124 e. The van der Waals surface area contributed by atoms with Crippen molar-refractivity contribution in [1.82, 2.24) is 4.98 Å². The van der Waals surface area contributed by atoms with Crippen LogP contribution in [-0.2, 0) is 6.42 Å². The van der Waals surface area contributed by atoms with E-state index < -0.39 is 0 Å². The molecular formula is C20H15NS3. The van der Waals surface area contributed by atoms with Gasteiger partial charge in [0.1, 0.15) is 5.01 Å². The highest BCUT2D eigenvalue weighted by atomic mass is 32.2. The molecule has 0 aliphatic rings. The van der Waals surface area contributed by atoms with Gasteiger partial charge in [0, 0.05) is 21.8 Å². The van der Waals surface area contributed by atoms with Gasteiger partial charge in [0.15, 0.2) is 0 Å². The second kappa shape index (κ2) is 7.34. The van der Waals surface area contributed by atoms with Crippen LogP contribution in [0.25, 0.3) is 10.6 Å². The molecule has 1 nitrogen and oxygen atoms in total. The third-order valence-electron chi connectivity index (χ3n) is 3.56. The number of hydrogen-bond donors (Lipinski definition) is 0. The summed E-state index contributed by atoms with van der Waals surface area (Å²) < 4.78 is 1.29. The number of benzene rings is 2. The van der Waals surface area contributed by atoms with Gasteiger partial charge in [0.05, 0.1) is 9.90 Å². The molecule has 4 rings (SSSR count). The minimum atomic E-state index is 0.899. The van der Waals surface area contributed by atoms with Crippen molar-refractivity contribution >= 4 is 34.4 Å². The molecule has 2 heterocycles. The largest absolute Gasteiger partial charge is 0.239 e. The lowest BCUT2D eigenvalue weighted by Gasteiger charge is -2.01. The van der Waals surface area contributed by atoms with Crippen LogP contribution in [-0.4, -0.2) is 4.98 Å². The van der Waals surface area contributed by atoms with Gasteiger partial charge in [-0.05, 0) is 23.6 Å². The topological polar surface area (TPSA) is 12.9 Å². The van der Waals surface area contributed by atoms with Crippen LogP contribution >= 0.6 is 34.4 Å². The highest BCUT2D eigenvalue weighted by molar-refractivity contribution is 8.01. The highest BCUT2D eigenvalue weighted by Gasteiger charge is 2.14. The fraction of sp³-hybridized carbons (Fsp3) is 0.0500. The summed E-state index contributed by atoms with van der Waals surface area (Å²) in [5.41, 5.74) is 2.37. The molecule has 0 aliphatic carbocycles. The van der Waals surface area contributed by atoms with Crippen LogP contribution in [0.4, 0.5) is 0 Å². The van der Waals surface area contributed by atoms with Gasteiger partial charge in [-0.1, -0.05) is 66.4 Å². The number of nitrogens with zero attached hydrogens (tertiary/aromatic N) is 1. The lowest BCUT2D eigenvalue weighted by atomic mass is 10.2. The maximum atomic E-state index is 4.96. The molecule has 0 unspecified atom stereocenters. The maximum absolute atomic E-state index is 4.96. The molecule has 0 radical (unpaired) electrons. The average molecular weight is 366 g/mol. The summed E-state index contributed by atoms with van der Waals surface area (Å²) >= 11 is 5.39. The molecule has 2 aromatic carbocycles. The summed E-state index contributed by atoms with van der Waals surface area (Å²) in [5, 5.41) is 3.23. The van der Waals surface area contributed by atoms with Crippen molar-refractivity contribution < 1.29 is 0 Å². The molecule has 0 saturated carbocycles. The molecule has 4 heteroatoms. The van der Waals surface area contributed by atoms with Gasteiger partial charge in [0.25, 0.3) is 0 Å². The Labute approximate surface area is 154 Å². The SMILES string of the molecule is c1ccc(Sc2sc(-c3ccccc3)nc2Cc2cccs2)cc1. The molecule has 0 spiro atoms. The van der Waals surface area contributed by atoms with Crippen molar-refractivity contribution in [3.63, 3.8) is 0 Å². The Balaban J connectivity index is 1.70. The third-order valence-corrected chi connectivity index (χ3v) is 6.80. The Hall–Kier alpha value is -1.88. The van der Waals surface area contributed by atoms with Gasteiger partial charge in [0.2, 0.25) is 0 Å². The fourth-order valence-corrected chi connectivity index (χ4v) is 5.37. The lowest BCUT2D eigenvalue weighted by molar-refractivity contribution is 1.09. The number of thiophene rings is 1. The molecule has 0 amide bonds. The van der Waals surface area contributed by atoms with Crippen LogP contribution < -0.4 is 0 Å². The first kappa shape index (κ1) is 15.6. The van der Waals surface area contributed by atoms with Crippen molar-refractivity contribution in [2.75, 3.05) is 0 Å². The van der Waals surface area contributed by atoms with E-state index in [0.717, 1.165) is 11.4 Å². The molecule has 4 aromatic rings. The molecule has 0 N–H and O–H groups in total. The molecule has 0 aliphatic heterocycles. The average Bonchev–Trinajstić information content (AvgIpc) is 3.28. The fourth-order valence-electron chi connectivity index (χ4n) is 2.41. The minimum absolute atomic E-state index is 0.899. The predicted octanol–water partition coefficient (Wildman–Crippen LogP) is 6.61. The van der Waals surface area contributed by atoms with Crippen molar-refractivity contribution in [3.05, 3.63) is 88.7 Å². The molecule has 0 bridgehead atoms. The third kappa shape index (κ3) is 3.61. The summed E-state index contributed by atoms with van der Waals surface area (Å²) in [5.74, 6) is 0. The Morgan fingerprint density at radius 3 is 2.29 bits per heavy atom. The zero-order valence-electron chi connectivity index (χ0n) is 12.9. The molecule has 24 heavy (non-hydrogen) atoms. The van der Waals surface area contributed by atoms with E-state index in [1.807, 2.05) is 17.8 Å². The van der Waals surface area contributed by atoms with E-state index in [1.54, 1.807) is 22.7 Å². The number of thiazole rings is 1.